The van der Waals surface area contributed by atoms with Crippen molar-refractivity contribution < 1.29 is 17.3 Å². The van der Waals surface area contributed by atoms with E-state index >= 15 is 0 Å². The molecule has 0 aromatic heterocycles. The first-order valence-corrected chi connectivity index (χ1v) is 8.38. The summed E-state index contributed by atoms with van der Waals surface area (Å²) in [6.07, 6.45) is 8.08. The van der Waals surface area contributed by atoms with Crippen molar-refractivity contribution in [2.75, 3.05) is 26.9 Å². The van der Waals surface area contributed by atoms with E-state index < -0.39 is 11.4 Å². The zero-order chi connectivity index (χ0) is 14.3. The molecule has 0 bridgehead atoms. The zero-order valence-electron chi connectivity index (χ0n) is 12.7. The normalized spacial score (nSPS) is 14.5. The largest absolute Gasteiger partial charge is 0.385 e. The van der Waals surface area contributed by atoms with E-state index in [9.17, 15) is 4.21 Å². The van der Waals surface area contributed by atoms with Gasteiger partial charge in [-0.05, 0) is 18.8 Å². The molecular weight excluding hydrogens is 264 g/mol. The van der Waals surface area contributed by atoms with Crippen molar-refractivity contribution in [1.82, 2.24) is 0 Å². The van der Waals surface area contributed by atoms with Crippen LogP contribution in [0, 0.1) is 5.92 Å². The minimum Gasteiger partial charge on any atom is -0.385 e. The van der Waals surface area contributed by atoms with Gasteiger partial charge in [-0.3, -0.25) is 8.37 Å². The predicted molar refractivity (Wildman–Crippen MR) is 79.1 cm³/mol. The van der Waals surface area contributed by atoms with Crippen LogP contribution in [0.25, 0.3) is 0 Å². The highest BCUT2D eigenvalue weighted by molar-refractivity contribution is 7.75. The van der Waals surface area contributed by atoms with Crippen molar-refractivity contribution >= 4 is 11.4 Å². The molecule has 0 fully saturated rings. The Bertz CT molecular complexity index is 212. The number of ether oxygens (including phenoxy) is 1. The van der Waals surface area contributed by atoms with Crippen LogP contribution in [-0.4, -0.2) is 31.1 Å². The molecule has 116 valence electrons. The van der Waals surface area contributed by atoms with Crippen LogP contribution in [0.1, 0.15) is 58.8 Å². The van der Waals surface area contributed by atoms with Crippen molar-refractivity contribution in [2.45, 2.75) is 58.8 Å². The van der Waals surface area contributed by atoms with Crippen molar-refractivity contribution in [3.8, 4) is 0 Å². The first kappa shape index (κ1) is 19.0. The number of rotatable bonds is 14. The van der Waals surface area contributed by atoms with Gasteiger partial charge in [-0.1, -0.05) is 46.0 Å². The molecule has 0 aromatic rings. The highest BCUT2D eigenvalue weighted by Crippen LogP contribution is 2.07. The molecule has 0 heterocycles. The Labute approximate surface area is 121 Å². The number of unbranched alkanes of at least 4 members (excludes halogenated alkanes) is 5. The molecule has 2 atom stereocenters. The van der Waals surface area contributed by atoms with Gasteiger partial charge in [-0.25, -0.2) is 0 Å². The summed E-state index contributed by atoms with van der Waals surface area (Å²) in [7, 11) is 1.68. The highest BCUT2D eigenvalue weighted by atomic mass is 32.2. The van der Waals surface area contributed by atoms with Gasteiger partial charge < -0.3 is 4.74 Å². The molecule has 19 heavy (non-hydrogen) atoms. The van der Waals surface area contributed by atoms with E-state index in [1.54, 1.807) is 7.11 Å². The third-order valence-electron chi connectivity index (χ3n) is 2.94. The second-order valence-electron chi connectivity index (χ2n) is 4.97. The lowest BCUT2D eigenvalue weighted by molar-refractivity contribution is 0.157. The quantitative estimate of drug-likeness (QED) is 0.459. The molecule has 0 saturated heterocycles. The molecule has 0 rings (SSSR count). The van der Waals surface area contributed by atoms with Gasteiger partial charge in [0.1, 0.15) is 0 Å². The number of methoxy groups -OCH3 is 1. The molecule has 0 aromatic carbocycles. The summed E-state index contributed by atoms with van der Waals surface area (Å²) in [4.78, 5) is 0. The van der Waals surface area contributed by atoms with Crippen molar-refractivity contribution in [3.63, 3.8) is 0 Å². The number of hydrogen-bond acceptors (Lipinski definition) is 4. The van der Waals surface area contributed by atoms with Crippen molar-refractivity contribution in [3.05, 3.63) is 0 Å². The van der Waals surface area contributed by atoms with Gasteiger partial charge in [0, 0.05) is 13.7 Å². The second kappa shape index (κ2) is 14.4. The molecule has 0 spiro atoms. The van der Waals surface area contributed by atoms with Gasteiger partial charge >= 0.3 is 11.4 Å². The molecular formula is C14H30O4S. The van der Waals surface area contributed by atoms with E-state index in [0.29, 0.717) is 25.7 Å². The molecule has 0 aliphatic carbocycles. The maximum atomic E-state index is 11.4. The first-order valence-electron chi connectivity index (χ1n) is 7.38. The van der Waals surface area contributed by atoms with E-state index in [1.165, 1.54) is 25.7 Å². The van der Waals surface area contributed by atoms with Gasteiger partial charge in [0.25, 0.3) is 0 Å². The minimum absolute atomic E-state index is 0.335. The van der Waals surface area contributed by atoms with Crippen LogP contribution in [-0.2, 0) is 24.5 Å². The Morgan fingerprint density at radius 3 is 2.37 bits per heavy atom. The fourth-order valence-electron chi connectivity index (χ4n) is 1.62. The average molecular weight is 294 g/mol. The summed E-state index contributed by atoms with van der Waals surface area (Å²) in [6, 6.07) is 0. The van der Waals surface area contributed by atoms with Crippen molar-refractivity contribution in [1.29, 1.82) is 0 Å². The van der Waals surface area contributed by atoms with Gasteiger partial charge in [0.05, 0.1) is 13.2 Å². The topological polar surface area (TPSA) is 44.8 Å². The maximum Gasteiger partial charge on any atom is 0.304 e. The van der Waals surface area contributed by atoms with Crippen LogP contribution in [0.4, 0.5) is 0 Å². The Hall–Kier alpha value is 0.0300. The van der Waals surface area contributed by atoms with Crippen LogP contribution in [0.3, 0.4) is 0 Å². The summed E-state index contributed by atoms with van der Waals surface area (Å²) in [5.41, 5.74) is 0. The molecule has 0 radical (unpaired) electrons. The molecule has 5 heteroatoms. The van der Waals surface area contributed by atoms with Crippen LogP contribution in [0.5, 0.6) is 0 Å². The monoisotopic (exact) mass is 294 g/mol. The van der Waals surface area contributed by atoms with Crippen LogP contribution in [0.2, 0.25) is 0 Å². The van der Waals surface area contributed by atoms with Crippen LogP contribution < -0.4 is 0 Å². The average Bonchev–Trinajstić information content (AvgIpc) is 2.41. The smallest absolute Gasteiger partial charge is 0.304 e. The summed E-state index contributed by atoms with van der Waals surface area (Å²) in [6.45, 7) is 5.93. The summed E-state index contributed by atoms with van der Waals surface area (Å²) >= 11 is -1.60. The van der Waals surface area contributed by atoms with Crippen LogP contribution >= 0.6 is 0 Å². The molecule has 4 nitrogen and oxygen atoms in total. The number of hydrogen-bond donors (Lipinski definition) is 0. The fraction of sp³-hybridized carbons (Fsp3) is 1.00. The standard InChI is InChI=1S/C14H30O4S/c1-4-5-6-7-8-9-11-17-19(15)18-13-14(2)10-12-16-3/h14H,4-13H2,1-3H3. The highest BCUT2D eigenvalue weighted by Gasteiger charge is 2.06. The summed E-state index contributed by atoms with van der Waals surface area (Å²) < 4.78 is 26.6. The molecule has 0 saturated carbocycles. The second-order valence-corrected chi connectivity index (χ2v) is 5.84. The zero-order valence-corrected chi connectivity index (χ0v) is 13.5. The van der Waals surface area contributed by atoms with E-state index in [2.05, 4.69) is 6.92 Å². The summed E-state index contributed by atoms with van der Waals surface area (Å²) in [5, 5.41) is 0. The van der Waals surface area contributed by atoms with E-state index in [1.807, 2.05) is 6.92 Å². The lowest BCUT2D eigenvalue weighted by Gasteiger charge is -2.10. The lowest BCUT2D eigenvalue weighted by Crippen LogP contribution is -2.12. The molecule has 0 N–H and O–H groups in total. The molecule has 2 unspecified atom stereocenters. The van der Waals surface area contributed by atoms with Gasteiger partial charge in [-0.2, -0.15) is 4.21 Å². The fourth-order valence-corrected chi connectivity index (χ4v) is 2.28. The lowest BCUT2D eigenvalue weighted by atomic mass is 10.1. The third kappa shape index (κ3) is 14.3. The molecule has 0 amide bonds. The van der Waals surface area contributed by atoms with Gasteiger partial charge in [0.15, 0.2) is 0 Å². The third-order valence-corrected chi connectivity index (χ3v) is 3.63. The van der Waals surface area contributed by atoms with E-state index in [-0.39, 0.29) is 0 Å². The Balaban J connectivity index is 3.29. The predicted octanol–water partition coefficient (Wildman–Crippen LogP) is 3.63. The Morgan fingerprint density at radius 1 is 1.00 bits per heavy atom. The van der Waals surface area contributed by atoms with E-state index in [4.69, 9.17) is 13.1 Å². The molecule has 0 aliphatic rings. The maximum absolute atomic E-state index is 11.4. The SMILES string of the molecule is CCCCCCCCOS(=O)OCC(C)CCOC. The Kier molecular flexibility index (Phi) is 14.5. The van der Waals surface area contributed by atoms with E-state index in [0.717, 1.165) is 19.3 Å². The van der Waals surface area contributed by atoms with Crippen LogP contribution in [0.15, 0.2) is 0 Å². The molecule has 0 aliphatic heterocycles. The summed E-state index contributed by atoms with van der Waals surface area (Å²) in [5.74, 6) is 0.335. The van der Waals surface area contributed by atoms with Gasteiger partial charge in [-0.15, -0.1) is 0 Å². The van der Waals surface area contributed by atoms with Gasteiger partial charge in [0.2, 0.25) is 0 Å². The minimum atomic E-state index is -1.60. The first-order chi connectivity index (χ1) is 9.20. The Morgan fingerprint density at radius 2 is 1.68 bits per heavy atom. The van der Waals surface area contributed by atoms with Crippen molar-refractivity contribution in [2.24, 2.45) is 5.92 Å².